The van der Waals surface area contributed by atoms with E-state index in [4.69, 9.17) is 4.74 Å². The van der Waals surface area contributed by atoms with E-state index in [1.54, 1.807) is 4.90 Å². The Kier molecular flexibility index (Phi) is 8.56. The number of hydrogen-bond acceptors (Lipinski definition) is 4. The highest BCUT2D eigenvalue weighted by Gasteiger charge is 2.27. The van der Waals surface area contributed by atoms with Gasteiger partial charge in [-0.15, -0.1) is 5.92 Å². The molecular weight excluding hydrogens is 332 g/mol. The molecule has 7 heteroatoms. The third-order valence-corrected chi connectivity index (χ3v) is 5.07. The summed E-state index contributed by atoms with van der Waals surface area (Å²) in [6.07, 6.45) is 3.37. The Bertz CT molecular complexity index is 513. The Hall–Kier alpha value is -1.94. The van der Waals surface area contributed by atoms with Crippen molar-refractivity contribution in [2.45, 2.75) is 45.6 Å². The van der Waals surface area contributed by atoms with Crippen molar-refractivity contribution < 1.29 is 14.3 Å². The maximum absolute atomic E-state index is 12.5. The summed E-state index contributed by atoms with van der Waals surface area (Å²) in [6, 6.07) is 0.169. The molecule has 0 aromatic heterocycles. The molecule has 0 aromatic carbocycles. The number of ether oxygens (including phenoxy) is 1. The van der Waals surface area contributed by atoms with Crippen LogP contribution in [-0.4, -0.2) is 73.8 Å². The quantitative estimate of drug-likeness (QED) is 0.575. The molecule has 26 heavy (non-hydrogen) atoms. The highest BCUT2D eigenvalue weighted by molar-refractivity contribution is 5.74. The summed E-state index contributed by atoms with van der Waals surface area (Å²) < 4.78 is 5.02. The van der Waals surface area contributed by atoms with Crippen LogP contribution >= 0.6 is 0 Å². The first-order valence-electron chi connectivity index (χ1n) is 9.71. The lowest BCUT2D eigenvalue weighted by Gasteiger charge is -2.35. The van der Waals surface area contributed by atoms with Crippen molar-refractivity contribution in [3.8, 4) is 11.8 Å². The summed E-state index contributed by atoms with van der Waals surface area (Å²) in [4.78, 5) is 27.8. The fraction of sp³-hybridized carbons (Fsp3) is 0.789. The van der Waals surface area contributed by atoms with Gasteiger partial charge in [0.25, 0.3) is 0 Å². The topological polar surface area (TPSA) is 73.9 Å². The number of piperidine rings is 2. The Morgan fingerprint density at radius 3 is 2.35 bits per heavy atom. The molecule has 0 aliphatic carbocycles. The zero-order valence-electron chi connectivity index (χ0n) is 16.1. The van der Waals surface area contributed by atoms with Crippen molar-refractivity contribution in [3.05, 3.63) is 0 Å². The van der Waals surface area contributed by atoms with E-state index in [1.165, 1.54) is 0 Å². The summed E-state index contributed by atoms with van der Waals surface area (Å²) in [6.45, 7) is 8.64. The van der Waals surface area contributed by atoms with Crippen LogP contribution in [0.4, 0.5) is 9.59 Å². The summed E-state index contributed by atoms with van der Waals surface area (Å²) in [5, 5.41) is 6.48. The lowest BCUT2D eigenvalue weighted by atomic mass is 9.97. The van der Waals surface area contributed by atoms with Crippen LogP contribution in [-0.2, 0) is 4.74 Å². The van der Waals surface area contributed by atoms with Crippen molar-refractivity contribution in [1.29, 1.82) is 0 Å². The third-order valence-electron chi connectivity index (χ3n) is 5.07. The molecule has 7 nitrogen and oxygen atoms in total. The fourth-order valence-electron chi connectivity index (χ4n) is 3.45. The predicted molar refractivity (Wildman–Crippen MR) is 101 cm³/mol. The van der Waals surface area contributed by atoms with Crippen LogP contribution in [0.2, 0.25) is 0 Å². The molecule has 2 rings (SSSR count). The highest BCUT2D eigenvalue weighted by atomic mass is 16.6. The maximum atomic E-state index is 12.5. The number of amides is 3. The van der Waals surface area contributed by atoms with Crippen molar-refractivity contribution in [2.75, 3.05) is 45.9 Å². The standard InChI is InChI=1S/C19H32N4O3/c1-3-5-10-20-15-16-6-11-22(12-7-16)18(24)21-17-8-13-23(14-9-17)19(25)26-4-2/h16-17,20H,4,6-15H2,1-2H3,(H,21,24). The zero-order chi connectivity index (χ0) is 18.8. The minimum atomic E-state index is -0.252. The van der Waals surface area contributed by atoms with Gasteiger partial charge in [-0.05, 0) is 52.0 Å². The molecule has 0 unspecified atom stereocenters. The van der Waals surface area contributed by atoms with Crippen LogP contribution in [0.1, 0.15) is 39.5 Å². The molecule has 2 fully saturated rings. The smallest absolute Gasteiger partial charge is 0.409 e. The molecule has 2 heterocycles. The summed E-state index contributed by atoms with van der Waals surface area (Å²) in [5.41, 5.74) is 0. The number of nitrogens with one attached hydrogen (secondary N) is 2. The van der Waals surface area contributed by atoms with Gasteiger partial charge in [0.2, 0.25) is 0 Å². The lowest BCUT2D eigenvalue weighted by Crippen LogP contribution is -2.52. The molecule has 2 aliphatic rings. The molecule has 2 aliphatic heterocycles. The second-order valence-corrected chi connectivity index (χ2v) is 6.90. The second-order valence-electron chi connectivity index (χ2n) is 6.90. The van der Waals surface area contributed by atoms with Gasteiger partial charge in [-0.25, -0.2) is 9.59 Å². The van der Waals surface area contributed by atoms with E-state index in [0.717, 1.165) is 51.9 Å². The van der Waals surface area contributed by atoms with Gasteiger partial charge in [0.1, 0.15) is 0 Å². The molecule has 0 atom stereocenters. The van der Waals surface area contributed by atoms with E-state index >= 15 is 0 Å². The average Bonchev–Trinajstić information content (AvgIpc) is 2.66. The van der Waals surface area contributed by atoms with Crippen LogP contribution in [0.3, 0.4) is 0 Å². The van der Waals surface area contributed by atoms with Gasteiger partial charge >= 0.3 is 12.1 Å². The monoisotopic (exact) mass is 364 g/mol. The molecule has 0 spiro atoms. The normalized spacial score (nSPS) is 18.8. The van der Waals surface area contributed by atoms with Gasteiger partial charge in [-0.2, -0.15) is 0 Å². The number of likely N-dealkylation sites (tertiary alicyclic amines) is 2. The summed E-state index contributed by atoms with van der Waals surface area (Å²) in [7, 11) is 0. The minimum absolute atomic E-state index is 0.0304. The first kappa shape index (κ1) is 20.4. The Morgan fingerprint density at radius 1 is 1.08 bits per heavy atom. The minimum Gasteiger partial charge on any atom is -0.450 e. The number of urea groups is 1. The van der Waals surface area contributed by atoms with E-state index < -0.39 is 0 Å². The van der Waals surface area contributed by atoms with Crippen molar-refractivity contribution in [2.24, 2.45) is 5.92 Å². The number of rotatable bonds is 5. The third kappa shape index (κ3) is 6.41. The maximum Gasteiger partial charge on any atom is 0.409 e. The van der Waals surface area contributed by atoms with Gasteiger partial charge in [-0.1, -0.05) is 5.92 Å². The van der Waals surface area contributed by atoms with E-state index in [1.807, 2.05) is 18.7 Å². The summed E-state index contributed by atoms with van der Waals surface area (Å²) >= 11 is 0. The SMILES string of the molecule is CC#CCNCC1CCN(C(=O)NC2CCN(C(=O)OCC)CC2)CC1. The number of nitrogens with zero attached hydrogens (tertiary/aromatic N) is 2. The zero-order valence-corrected chi connectivity index (χ0v) is 16.1. The van der Waals surface area contributed by atoms with Crippen LogP contribution in [0, 0.1) is 17.8 Å². The van der Waals surface area contributed by atoms with E-state index in [9.17, 15) is 9.59 Å². The van der Waals surface area contributed by atoms with Crippen molar-refractivity contribution in [3.63, 3.8) is 0 Å². The molecule has 2 saturated heterocycles. The largest absolute Gasteiger partial charge is 0.450 e. The van der Waals surface area contributed by atoms with Crippen LogP contribution in [0.25, 0.3) is 0 Å². The molecule has 0 aromatic rings. The molecule has 0 saturated carbocycles. The van der Waals surface area contributed by atoms with Crippen LogP contribution in [0.5, 0.6) is 0 Å². The highest BCUT2D eigenvalue weighted by Crippen LogP contribution is 2.17. The van der Waals surface area contributed by atoms with Crippen molar-refractivity contribution >= 4 is 12.1 Å². The molecule has 3 amide bonds. The van der Waals surface area contributed by atoms with Gasteiger partial charge in [-0.3, -0.25) is 0 Å². The van der Waals surface area contributed by atoms with Gasteiger partial charge in [0.05, 0.1) is 13.2 Å². The van der Waals surface area contributed by atoms with Gasteiger partial charge < -0.3 is 25.2 Å². The molecule has 146 valence electrons. The first-order chi connectivity index (χ1) is 12.6. The fourth-order valence-corrected chi connectivity index (χ4v) is 3.45. The molecule has 2 N–H and O–H groups in total. The van der Waals surface area contributed by atoms with E-state index in [-0.39, 0.29) is 18.2 Å². The first-order valence-corrected chi connectivity index (χ1v) is 9.71. The Labute approximate surface area is 156 Å². The number of carbonyl (C=O) groups is 2. The summed E-state index contributed by atoms with van der Waals surface area (Å²) in [5.74, 6) is 6.50. The average molecular weight is 364 g/mol. The van der Waals surface area contributed by atoms with Gasteiger partial charge in [0.15, 0.2) is 0 Å². The predicted octanol–water partition coefficient (Wildman–Crippen LogP) is 1.64. The van der Waals surface area contributed by atoms with E-state index in [2.05, 4.69) is 22.5 Å². The molecule has 0 radical (unpaired) electrons. The van der Waals surface area contributed by atoms with Gasteiger partial charge in [0, 0.05) is 32.2 Å². The number of carbonyl (C=O) groups excluding carboxylic acids is 2. The lowest BCUT2D eigenvalue weighted by molar-refractivity contribution is 0.0947. The Morgan fingerprint density at radius 2 is 1.73 bits per heavy atom. The van der Waals surface area contributed by atoms with E-state index in [0.29, 0.717) is 25.6 Å². The van der Waals surface area contributed by atoms with Crippen molar-refractivity contribution in [1.82, 2.24) is 20.4 Å². The second kappa shape index (κ2) is 10.9. The molecular formula is C19H32N4O3. The van der Waals surface area contributed by atoms with Crippen LogP contribution in [0.15, 0.2) is 0 Å². The molecule has 0 bridgehead atoms. The Balaban J connectivity index is 1.63. The number of hydrogen-bond donors (Lipinski definition) is 2. The van der Waals surface area contributed by atoms with Crippen LogP contribution < -0.4 is 10.6 Å².